The van der Waals surface area contributed by atoms with Crippen LogP contribution in [0.1, 0.15) is 54.0 Å². The first kappa shape index (κ1) is 24.4. The third kappa shape index (κ3) is 4.62. The van der Waals surface area contributed by atoms with Crippen LogP contribution in [0.25, 0.3) is 28.1 Å². The maximum absolute atomic E-state index is 14.7. The summed E-state index contributed by atoms with van der Waals surface area (Å²) in [6.07, 6.45) is 7.54. The van der Waals surface area contributed by atoms with Crippen molar-refractivity contribution >= 4 is 49.1 Å². The lowest BCUT2D eigenvalue weighted by Gasteiger charge is -2.32. The number of nitrogens with zero attached hydrogens (tertiary/aromatic N) is 3. The maximum Gasteiger partial charge on any atom is 0.240 e. The second kappa shape index (κ2) is 10.4. The summed E-state index contributed by atoms with van der Waals surface area (Å²) >= 11 is 6.90. The molecule has 3 aromatic carbocycles. The molecule has 0 amide bonds. The van der Waals surface area contributed by atoms with E-state index in [1.807, 2.05) is 36.4 Å². The Labute approximate surface area is 218 Å². The molecule has 0 N–H and O–H groups in total. The molecule has 0 aliphatic heterocycles. The number of benzene rings is 3. The number of aromatic nitrogens is 2. The lowest BCUT2D eigenvalue weighted by molar-refractivity contribution is 0.401. The van der Waals surface area contributed by atoms with Crippen LogP contribution >= 0.6 is 21.0 Å². The number of hydrogen-bond donors (Lipinski definition) is 0. The normalized spacial score (nSPS) is 14.6. The van der Waals surface area contributed by atoms with E-state index in [2.05, 4.69) is 51.7 Å². The van der Waals surface area contributed by atoms with Crippen LogP contribution in [0.4, 0.5) is 4.39 Å². The molecule has 0 saturated heterocycles. The molecule has 1 unspecified atom stereocenters. The molecule has 1 heterocycles. The zero-order valence-corrected chi connectivity index (χ0v) is 21.9. The van der Waals surface area contributed by atoms with Gasteiger partial charge in [-0.3, -0.25) is 0 Å². The molecular weight excluding hydrogens is 488 g/mol. The van der Waals surface area contributed by atoms with Crippen molar-refractivity contribution in [3.05, 3.63) is 106 Å². The summed E-state index contributed by atoms with van der Waals surface area (Å²) in [5, 5.41) is 14.1. The summed E-state index contributed by atoms with van der Waals surface area (Å²) in [6, 6.07) is 22.4. The average molecular weight is 514 g/mol. The molecule has 5 rings (SSSR count). The second-order valence-electron chi connectivity index (χ2n) is 9.14. The first-order valence-corrected chi connectivity index (χ1v) is 13.0. The number of hydrogen-bond acceptors (Lipinski definition) is 2. The molecule has 0 bridgehead atoms. The van der Waals surface area contributed by atoms with Gasteiger partial charge in [0.05, 0.1) is 17.0 Å². The molecule has 1 saturated carbocycles. The zero-order chi connectivity index (χ0) is 25.2. The minimum atomic E-state index is -0.492. The van der Waals surface area contributed by atoms with Gasteiger partial charge in [-0.25, -0.2) is 4.45 Å². The molecule has 3 nitrogen and oxygen atoms in total. The van der Waals surface area contributed by atoms with Gasteiger partial charge in [-0.05, 0) is 97.8 Å². The highest BCUT2D eigenvalue weighted by Gasteiger charge is 2.29. The fourth-order valence-corrected chi connectivity index (χ4v) is 5.52. The molecule has 0 radical (unpaired) electrons. The van der Waals surface area contributed by atoms with Gasteiger partial charge >= 0.3 is 0 Å². The van der Waals surface area contributed by atoms with E-state index < -0.39 is 5.95 Å². The van der Waals surface area contributed by atoms with E-state index in [1.54, 1.807) is 6.08 Å². The fourth-order valence-electron chi connectivity index (χ4n) is 4.88. The van der Waals surface area contributed by atoms with E-state index in [-0.39, 0.29) is 0 Å². The van der Waals surface area contributed by atoms with Crippen LogP contribution in [0.15, 0.2) is 66.7 Å². The van der Waals surface area contributed by atoms with Crippen molar-refractivity contribution in [1.29, 1.82) is 5.26 Å². The number of allylic oxidation sites excluding steroid dienone is 2. The first-order chi connectivity index (χ1) is 17.5. The molecule has 4 aromatic rings. The van der Waals surface area contributed by atoms with Gasteiger partial charge in [0.25, 0.3) is 0 Å². The Kier molecular flexibility index (Phi) is 7.06. The summed E-state index contributed by atoms with van der Waals surface area (Å²) < 4.78 is 16.2. The van der Waals surface area contributed by atoms with Gasteiger partial charge in [0.1, 0.15) is 0 Å². The highest BCUT2D eigenvalue weighted by molar-refractivity contribution is 7.14. The Morgan fingerprint density at radius 2 is 1.89 bits per heavy atom. The van der Waals surface area contributed by atoms with Gasteiger partial charge in [0, 0.05) is 11.1 Å². The summed E-state index contributed by atoms with van der Waals surface area (Å²) in [7, 11) is 2.44. The lowest BCUT2D eigenvalue weighted by Crippen LogP contribution is -2.15. The van der Waals surface area contributed by atoms with Crippen LogP contribution < -0.4 is 0 Å². The number of rotatable bonds is 6. The SMILES string of the molecule is CCc1ccc(/C(=C(\c2ccc(/C=C/C#N)cc2)c2ccc3c(c2)c(F)nn3P)C2CCC2)c(Cl)c1. The summed E-state index contributed by atoms with van der Waals surface area (Å²) in [4.78, 5) is 0. The first-order valence-electron chi connectivity index (χ1n) is 12.1. The maximum atomic E-state index is 14.7. The number of halogens is 2. The Bertz CT molecular complexity index is 1540. The van der Waals surface area contributed by atoms with E-state index in [1.165, 1.54) is 28.1 Å². The van der Waals surface area contributed by atoms with Gasteiger partial charge in [0.2, 0.25) is 5.95 Å². The molecule has 1 aliphatic carbocycles. The van der Waals surface area contributed by atoms with Gasteiger partial charge in [0.15, 0.2) is 0 Å². The summed E-state index contributed by atoms with van der Waals surface area (Å²) in [6.45, 7) is 2.12. The topological polar surface area (TPSA) is 41.6 Å². The Morgan fingerprint density at radius 1 is 1.14 bits per heavy atom. The fraction of sp³-hybridized carbons (Fsp3) is 0.200. The van der Waals surface area contributed by atoms with Crippen LogP contribution in [-0.4, -0.2) is 9.55 Å². The van der Waals surface area contributed by atoms with Gasteiger partial charge in [-0.1, -0.05) is 67.4 Å². The monoisotopic (exact) mass is 513 g/mol. The number of nitriles is 1. The predicted octanol–water partition coefficient (Wildman–Crippen LogP) is 8.33. The number of aryl methyl sites for hydroxylation is 1. The smallest absolute Gasteiger partial charge is 0.240 e. The van der Waals surface area contributed by atoms with Crippen molar-refractivity contribution in [1.82, 2.24) is 9.55 Å². The molecule has 1 atom stereocenters. The van der Waals surface area contributed by atoms with Crippen LogP contribution in [0.2, 0.25) is 5.02 Å². The molecule has 180 valence electrons. The third-order valence-corrected chi connectivity index (χ3v) is 7.72. The van der Waals surface area contributed by atoms with Crippen LogP contribution in [0.5, 0.6) is 0 Å². The van der Waals surface area contributed by atoms with E-state index in [4.69, 9.17) is 16.9 Å². The van der Waals surface area contributed by atoms with Crippen LogP contribution in [0.3, 0.4) is 0 Å². The average Bonchev–Trinajstić information content (AvgIpc) is 3.14. The minimum absolute atomic E-state index is 0.369. The highest BCUT2D eigenvalue weighted by atomic mass is 35.5. The van der Waals surface area contributed by atoms with E-state index >= 15 is 0 Å². The van der Waals surface area contributed by atoms with Crippen molar-refractivity contribution in [2.75, 3.05) is 0 Å². The van der Waals surface area contributed by atoms with Crippen molar-refractivity contribution in [3.8, 4) is 6.07 Å². The standard InChI is InChI=1S/C30H26ClFN3P/c1-2-19-10-14-24(26(31)17-19)29(21-6-3-7-21)28(22-11-8-20(9-12-22)5-4-16-33)23-13-15-27-25(18-23)30(32)34-35(27)36/h4-5,8-15,17-18,21H,2-3,6-7,36H2,1H3/b5-4+,29-28+. The summed E-state index contributed by atoms with van der Waals surface area (Å²) in [5.41, 5.74) is 8.10. The molecule has 1 aromatic heterocycles. The van der Waals surface area contributed by atoms with Crippen molar-refractivity contribution in [3.63, 3.8) is 0 Å². The van der Waals surface area contributed by atoms with Crippen LogP contribution in [0, 0.1) is 23.2 Å². The Hall–Kier alpha value is -3.25. The molecule has 1 aliphatic rings. The molecule has 6 heteroatoms. The van der Waals surface area contributed by atoms with Crippen molar-refractivity contribution < 1.29 is 4.39 Å². The van der Waals surface area contributed by atoms with Gasteiger partial charge < -0.3 is 0 Å². The van der Waals surface area contributed by atoms with E-state index in [0.717, 1.165) is 52.1 Å². The second-order valence-corrected chi connectivity index (χ2v) is 10.0. The summed E-state index contributed by atoms with van der Waals surface area (Å²) in [5.74, 6) is -0.123. The predicted molar refractivity (Wildman–Crippen MR) is 150 cm³/mol. The van der Waals surface area contributed by atoms with E-state index in [0.29, 0.717) is 16.8 Å². The Morgan fingerprint density at radius 3 is 2.53 bits per heavy atom. The van der Waals surface area contributed by atoms with Gasteiger partial charge in [-0.15, -0.1) is 5.10 Å². The van der Waals surface area contributed by atoms with Crippen molar-refractivity contribution in [2.24, 2.45) is 5.92 Å². The van der Waals surface area contributed by atoms with Gasteiger partial charge in [-0.2, -0.15) is 9.65 Å². The van der Waals surface area contributed by atoms with Crippen molar-refractivity contribution in [2.45, 2.75) is 32.6 Å². The highest BCUT2D eigenvalue weighted by Crippen LogP contribution is 2.47. The minimum Gasteiger partial charge on any atom is -0.248 e. The molecule has 1 fully saturated rings. The molecule has 36 heavy (non-hydrogen) atoms. The lowest BCUT2D eigenvalue weighted by atomic mass is 9.73. The van der Waals surface area contributed by atoms with Crippen LogP contribution in [-0.2, 0) is 6.42 Å². The molecule has 0 spiro atoms. The van der Waals surface area contributed by atoms with E-state index in [9.17, 15) is 4.39 Å². The quantitative estimate of drug-likeness (QED) is 0.148. The Balaban J connectivity index is 1.79. The largest absolute Gasteiger partial charge is 0.248 e. The zero-order valence-electron chi connectivity index (χ0n) is 20.0. The third-order valence-electron chi connectivity index (χ3n) is 7.01. The number of fused-ring (bicyclic) bond motifs is 1. The molecular formula is C30H26ClFN3P.